The van der Waals surface area contributed by atoms with E-state index in [0.29, 0.717) is 12.2 Å². The third kappa shape index (κ3) is 3.30. The van der Waals surface area contributed by atoms with E-state index >= 15 is 0 Å². The lowest BCUT2D eigenvalue weighted by molar-refractivity contribution is -0.145. The molecule has 0 unspecified atom stereocenters. The fourth-order valence-electron chi connectivity index (χ4n) is 3.38. The number of ketones is 1. The predicted molar refractivity (Wildman–Crippen MR) is 90.1 cm³/mol. The molecule has 1 heterocycles. The Hall–Kier alpha value is -0.683. The highest BCUT2D eigenvalue weighted by atomic mass is 28.4. The molecule has 0 bridgehead atoms. The number of carbonyl (C=O) groups is 2. The number of nitrogens with one attached hydrogen (secondary N) is 1. The highest BCUT2D eigenvalue weighted by molar-refractivity contribution is 6.74. The molecule has 1 saturated heterocycles. The maximum Gasteiger partial charge on any atom is 0.228 e. The molecule has 0 radical (unpaired) electrons. The summed E-state index contributed by atoms with van der Waals surface area (Å²) in [4.78, 5) is 24.2. The summed E-state index contributed by atoms with van der Waals surface area (Å²) >= 11 is 0. The molecule has 126 valence electrons. The Balaban J connectivity index is 2.06. The average molecular weight is 326 g/mol. The number of carbonyl (C=O) groups excluding carboxylic acids is 2. The molecule has 1 amide bonds. The minimum Gasteiger partial charge on any atom is -0.413 e. The van der Waals surface area contributed by atoms with Crippen molar-refractivity contribution in [3.05, 3.63) is 0 Å². The quantitative estimate of drug-likeness (QED) is 0.637. The smallest absolute Gasteiger partial charge is 0.228 e. The fraction of sp³-hybridized carbons (Fsp3) is 0.882. The van der Waals surface area contributed by atoms with Crippen LogP contribution in [-0.2, 0) is 14.0 Å². The molecule has 1 N–H and O–H groups in total. The van der Waals surface area contributed by atoms with Gasteiger partial charge in [0, 0.05) is 12.3 Å². The van der Waals surface area contributed by atoms with Gasteiger partial charge in [-0.3, -0.25) is 9.59 Å². The Labute approximate surface area is 135 Å². The molecule has 1 aliphatic carbocycles. The van der Waals surface area contributed by atoms with Crippen molar-refractivity contribution in [2.24, 2.45) is 11.8 Å². The van der Waals surface area contributed by atoms with Crippen molar-refractivity contribution in [1.29, 1.82) is 0 Å². The molecule has 1 aliphatic heterocycles. The number of β-lactam (4-membered cyclic amide) rings is 1. The molecule has 0 spiro atoms. The zero-order valence-electron chi connectivity index (χ0n) is 14.9. The summed E-state index contributed by atoms with van der Waals surface area (Å²) in [5.41, 5.74) is 0. The molecule has 22 heavy (non-hydrogen) atoms. The summed E-state index contributed by atoms with van der Waals surface area (Å²) in [5.74, 6) is 0.207. The Morgan fingerprint density at radius 3 is 2.36 bits per heavy atom. The number of Topliss-reactive ketones (excluding diaryl/α,β-unsaturated/α-hetero) is 1. The summed E-state index contributed by atoms with van der Waals surface area (Å²) in [6, 6.07) is -0.0138. The fourth-order valence-corrected chi connectivity index (χ4v) is 4.81. The largest absolute Gasteiger partial charge is 0.413 e. The summed E-state index contributed by atoms with van der Waals surface area (Å²) in [6.07, 6.45) is 3.55. The van der Waals surface area contributed by atoms with Gasteiger partial charge in [-0.2, -0.15) is 0 Å². The van der Waals surface area contributed by atoms with Crippen LogP contribution in [0.2, 0.25) is 18.1 Å². The summed E-state index contributed by atoms with van der Waals surface area (Å²) < 4.78 is 6.40. The molecular weight excluding hydrogens is 294 g/mol. The number of amides is 1. The van der Waals surface area contributed by atoms with E-state index in [2.05, 4.69) is 39.2 Å². The number of rotatable bonds is 4. The molecule has 0 aromatic carbocycles. The van der Waals surface area contributed by atoms with Gasteiger partial charge in [-0.05, 0) is 37.9 Å². The minimum atomic E-state index is -1.90. The van der Waals surface area contributed by atoms with Crippen molar-refractivity contribution in [3.63, 3.8) is 0 Å². The molecule has 5 heteroatoms. The van der Waals surface area contributed by atoms with Gasteiger partial charge >= 0.3 is 0 Å². The van der Waals surface area contributed by atoms with E-state index in [4.69, 9.17) is 4.43 Å². The van der Waals surface area contributed by atoms with Crippen LogP contribution in [-0.4, -0.2) is 32.2 Å². The second-order valence-corrected chi connectivity index (χ2v) is 13.2. The zero-order valence-corrected chi connectivity index (χ0v) is 15.9. The van der Waals surface area contributed by atoms with Crippen LogP contribution in [0, 0.1) is 11.8 Å². The first-order chi connectivity index (χ1) is 10.0. The van der Waals surface area contributed by atoms with Gasteiger partial charge in [0.05, 0.1) is 18.1 Å². The van der Waals surface area contributed by atoms with Crippen LogP contribution in [0.4, 0.5) is 0 Å². The topological polar surface area (TPSA) is 55.4 Å². The van der Waals surface area contributed by atoms with Crippen LogP contribution in [0.3, 0.4) is 0 Å². The first kappa shape index (κ1) is 17.7. The van der Waals surface area contributed by atoms with Crippen LogP contribution >= 0.6 is 0 Å². The highest BCUT2D eigenvalue weighted by Crippen LogP contribution is 2.40. The third-order valence-electron chi connectivity index (χ3n) is 5.83. The summed E-state index contributed by atoms with van der Waals surface area (Å²) in [7, 11) is -1.90. The van der Waals surface area contributed by atoms with Crippen molar-refractivity contribution in [2.45, 2.75) is 83.7 Å². The van der Waals surface area contributed by atoms with Gasteiger partial charge in [-0.25, -0.2) is 0 Å². The maximum atomic E-state index is 12.2. The SMILES string of the molecule is C[C@@H](O[Si](C)(C)C(C)(C)C)[C@H]1C(=O)N[C@H]1[C@H]1CCCCC1=O. The monoisotopic (exact) mass is 325 g/mol. The molecule has 0 aromatic rings. The van der Waals surface area contributed by atoms with E-state index in [1.807, 2.05) is 6.92 Å². The lowest BCUT2D eigenvalue weighted by atomic mass is 9.72. The molecule has 4 nitrogen and oxygen atoms in total. The first-order valence-corrected chi connectivity index (χ1v) is 11.5. The second kappa shape index (κ2) is 6.08. The van der Waals surface area contributed by atoms with Crippen molar-refractivity contribution >= 4 is 20.0 Å². The van der Waals surface area contributed by atoms with Gasteiger partial charge in [0.15, 0.2) is 8.32 Å². The van der Waals surface area contributed by atoms with Crippen LogP contribution < -0.4 is 5.32 Å². The summed E-state index contributed by atoms with van der Waals surface area (Å²) in [5, 5.41) is 3.10. The van der Waals surface area contributed by atoms with Crippen molar-refractivity contribution in [2.75, 3.05) is 0 Å². The van der Waals surface area contributed by atoms with E-state index in [9.17, 15) is 9.59 Å². The maximum absolute atomic E-state index is 12.2. The van der Waals surface area contributed by atoms with Crippen molar-refractivity contribution < 1.29 is 14.0 Å². The van der Waals surface area contributed by atoms with Crippen LogP contribution in [0.5, 0.6) is 0 Å². The van der Waals surface area contributed by atoms with Gasteiger partial charge in [-0.15, -0.1) is 0 Å². The molecule has 0 aromatic heterocycles. The van der Waals surface area contributed by atoms with Gasteiger partial charge in [0.2, 0.25) is 5.91 Å². The molecule has 4 atom stereocenters. The summed E-state index contributed by atoms with van der Waals surface area (Å²) in [6.45, 7) is 13.0. The van der Waals surface area contributed by atoms with Crippen LogP contribution in [0.25, 0.3) is 0 Å². The average Bonchev–Trinajstić information content (AvgIpc) is 2.34. The van der Waals surface area contributed by atoms with E-state index in [-0.39, 0.29) is 34.9 Å². The highest BCUT2D eigenvalue weighted by Gasteiger charge is 2.51. The van der Waals surface area contributed by atoms with Gasteiger partial charge < -0.3 is 9.74 Å². The normalized spacial score (nSPS) is 31.5. The van der Waals surface area contributed by atoms with Gasteiger partial charge in [0.1, 0.15) is 5.78 Å². The zero-order chi connectivity index (χ0) is 16.7. The van der Waals surface area contributed by atoms with Gasteiger partial charge in [-0.1, -0.05) is 27.2 Å². The molecule has 2 rings (SSSR count). The second-order valence-electron chi connectivity index (χ2n) is 8.46. The predicted octanol–water partition coefficient (Wildman–Crippen LogP) is 3.27. The van der Waals surface area contributed by atoms with E-state index in [0.717, 1.165) is 19.3 Å². The third-order valence-corrected chi connectivity index (χ3v) is 10.4. The Morgan fingerprint density at radius 1 is 1.23 bits per heavy atom. The van der Waals surface area contributed by atoms with Crippen LogP contribution in [0.15, 0.2) is 0 Å². The molecular formula is C17H31NO3Si. The lowest BCUT2D eigenvalue weighted by Gasteiger charge is -2.48. The van der Waals surface area contributed by atoms with Crippen molar-refractivity contribution in [1.82, 2.24) is 5.32 Å². The Kier molecular flexibility index (Phi) is 4.88. The van der Waals surface area contributed by atoms with Crippen LogP contribution in [0.1, 0.15) is 53.4 Å². The molecule has 1 saturated carbocycles. The number of hydrogen-bond donors (Lipinski definition) is 1. The van der Waals surface area contributed by atoms with E-state index in [1.165, 1.54) is 0 Å². The van der Waals surface area contributed by atoms with Crippen molar-refractivity contribution in [3.8, 4) is 0 Å². The van der Waals surface area contributed by atoms with Gasteiger partial charge in [0.25, 0.3) is 0 Å². The molecule has 2 fully saturated rings. The Morgan fingerprint density at radius 2 is 1.86 bits per heavy atom. The standard InChI is InChI=1S/C17H31NO3Si/c1-11(21-22(5,6)17(2,3)4)14-15(18-16(14)20)12-9-7-8-10-13(12)19/h11-12,14-15H,7-10H2,1-6H3,(H,18,20)/t11-,12+,14-,15+/m1/s1. The molecule has 2 aliphatic rings. The number of hydrogen-bond acceptors (Lipinski definition) is 3. The van der Waals surface area contributed by atoms with E-state index < -0.39 is 8.32 Å². The lowest BCUT2D eigenvalue weighted by Crippen LogP contribution is -2.67. The minimum absolute atomic E-state index is 0.00177. The first-order valence-electron chi connectivity index (χ1n) is 8.55. The van der Waals surface area contributed by atoms with E-state index in [1.54, 1.807) is 0 Å². The Bertz CT molecular complexity index is 455.